The lowest BCUT2D eigenvalue weighted by Crippen LogP contribution is -2.28. The lowest BCUT2D eigenvalue weighted by molar-refractivity contribution is -0.0672. The average molecular weight is 953 g/mol. The highest BCUT2D eigenvalue weighted by Gasteiger charge is 2.23. The Morgan fingerprint density at radius 2 is 0.821 bits per heavy atom. The van der Waals surface area contributed by atoms with Gasteiger partial charge in [0, 0.05) is 25.3 Å². The fourth-order valence-corrected chi connectivity index (χ4v) is 9.81. The number of allylic oxidation sites excluding steroid dienone is 1. The molecule has 3 N–H and O–H groups in total. The minimum absolute atomic E-state index is 0.0738. The highest BCUT2D eigenvalue weighted by molar-refractivity contribution is 4.98. The molecular weight excluding hydrogens is 835 g/mol. The first-order chi connectivity index (χ1) is 31.4. The molecule has 0 bridgehead atoms. The molecule has 0 unspecified atom stereocenters. The molecule has 4 aliphatic rings. The smallest absolute Gasteiger partial charge is 0.0622 e. The van der Waals surface area contributed by atoms with Crippen LogP contribution in [-0.4, -0.2) is 86.0 Å². The van der Waals surface area contributed by atoms with Crippen molar-refractivity contribution in [3.05, 3.63) is 24.4 Å². The summed E-state index contributed by atoms with van der Waals surface area (Å²) in [4.78, 5) is 0. The molecule has 3 saturated carbocycles. The summed E-state index contributed by atoms with van der Waals surface area (Å²) in [5.41, 5.74) is 7.51. The van der Waals surface area contributed by atoms with Crippen molar-refractivity contribution >= 4 is 0 Å². The van der Waals surface area contributed by atoms with E-state index in [-0.39, 0.29) is 6.10 Å². The molecule has 4 rings (SSSR count). The maximum Gasteiger partial charge on any atom is 0.0622 e. The molecule has 1 aliphatic heterocycles. The second kappa shape index (κ2) is 39.6. The van der Waals surface area contributed by atoms with Crippen molar-refractivity contribution in [3.63, 3.8) is 0 Å². The van der Waals surface area contributed by atoms with Gasteiger partial charge in [0.1, 0.15) is 0 Å². The first kappa shape index (κ1) is 66.0. The maximum absolute atomic E-state index is 9.35. The molecule has 0 radical (unpaired) electrons. The third-order valence-corrected chi connectivity index (χ3v) is 13.0. The molecule has 8 nitrogen and oxygen atoms in total. The topological polar surface area (TPSA) is 102 Å². The Morgan fingerprint density at radius 1 is 0.507 bits per heavy atom. The fraction of sp³-hybridized carbons (Fsp3) is 0.932. The van der Waals surface area contributed by atoms with Gasteiger partial charge < -0.3 is 39.3 Å². The average Bonchev–Trinajstić information content (AvgIpc) is 3.20. The fourth-order valence-electron chi connectivity index (χ4n) is 9.81. The van der Waals surface area contributed by atoms with Crippen LogP contribution in [0.1, 0.15) is 239 Å². The first-order valence-electron chi connectivity index (χ1n) is 28.0. The molecule has 0 aromatic heterocycles. The van der Waals surface area contributed by atoms with E-state index in [0.717, 1.165) is 101 Å². The quantitative estimate of drug-likeness (QED) is 0.104. The predicted octanol–water partition coefficient (Wildman–Crippen LogP) is 15.6. The van der Waals surface area contributed by atoms with E-state index in [2.05, 4.69) is 124 Å². The van der Waals surface area contributed by atoms with E-state index in [1.54, 1.807) is 0 Å². The molecule has 1 heterocycles. The van der Waals surface area contributed by atoms with Gasteiger partial charge >= 0.3 is 0 Å². The van der Waals surface area contributed by atoms with E-state index in [0.29, 0.717) is 79.1 Å². The number of aliphatic hydroxyl groups is 1. The molecule has 67 heavy (non-hydrogen) atoms. The monoisotopic (exact) mass is 952 g/mol. The largest absolute Gasteiger partial charge is 0.402 e. The second-order valence-electron chi connectivity index (χ2n) is 23.6. The van der Waals surface area contributed by atoms with Crippen LogP contribution >= 0.6 is 0 Å². The Morgan fingerprint density at radius 3 is 1.16 bits per heavy atom. The van der Waals surface area contributed by atoms with Crippen LogP contribution in [0.25, 0.3) is 0 Å². The van der Waals surface area contributed by atoms with Crippen LogP contribution in [0.4, 0.5) is 0 Å². The SMILES string of the molecule is C=C(N)CCO[C@H](C)CC(C)C.C=C1CCC(O[C@H](C)CC(C)C)CC1.CC(C)C[C@@H](C)OC1CCC(C)CC1.CC(C)C[C@@H](C)OC1CCC(O)CC1.CC(C)C[C@@H](C)OC1CCOCC1. The van der Waals surface area contributed by atoms with Gasteiger partial charge in [-0.05, 0) is 192 Å². The van der Waals surface area contributed by atoms with Gasteiger partial charge in [0.05, 0.1) is 67.6 Å². The van der Waals surface area contributed by atoms with Gasteiger partial charge in [-0.3, -0.25) is 0 Å². The number of hydrogen-bond donors (Lipinski definition) is 2. The van der Waals surface area contributed by atoms with Crippen molar-refractivity contribution in [3.8, 4) is 0 Å². The van der Waals surface area contributed by atoms with Gasteiger partial charge in [-0.15, -0.1) is 0 Å². The normalized spacial score (nSPS) is 24.0. The van der Waals surface area contributed by atoms with Crippen LogP contribution in [0.3, 0.4) is 0 Å². The van der Waals surface area contributed by atoms with Gasteiger partial charge in [0.2, 0.25) is 0 Å². The summed E-state index contributed by atoms with van der Waals surface area (Å²) in [5, 5.41) is 9.35. The minimum atomic E-state index is -0.0738. The molecule has 3 aliphatic carbocycles. The standard InChI is InChI=1S/C13H26O.C13H24O.C12H24O2.C11H22O2.C10H21NO/c2*1-10(2)9-12(4)14-13-7-5-11(3)6-8-13;1-9(2)8-10(3)14-12-6-4-11(13)5-7-12;1-9(2)8-10(3)13-11-4-6-12-7-5-11;1-8(2)7-10(4)12-6-5-9(3)11/h10-13H,5-9H2,1-4H3;10,12-13H,3,5-9H2,1-2,4H3;9-13H,4-8H2,1-3H3;9-11H,4-8H2,1-3H3;8,10H,3,5-7,11H2,1-2,4H3/t11?,12-,13?;12-;10-,11?,12?;2*10-/m11111/s1. The van der Waals surface area contributed by atoms with Crippen LogP contribution in [0.2, 0.25) is 0 Å². The lowest BCUT2D eigenvalue weighted by atomic mass is 9.89. The second-order valence-corrected chi connectivity index (χ2v) is 23.6. The molecule has 4 fully saturated rings. The van der Waals surface area contributed by atoms with Gasteiger partial charge in [0.15, 0.2) is 0 Å². The molecule has 400 valence electrons. The summed E-state index contributed by atoms with van der Waals surface area (Å²) in [6, 6.07) is 0. The van der Waals surface area contributed by atoms with E-state index in [1.807, 2.05) is 0 Å². The summed E-state index contributed by atoms with van der Waals surface area (Å²) in [6.07, 6.45) is 26.4. The molecule has 0 aromatic carbocycles. The molecule has 8 heteroatoms. The zero-order valence-corrected chi connectivity index (χ0v) is 47.4. The van der Waals surface area contributed by atoms with Crippen molar-refractivity contribution in [2.75, 3.05) is 19.8 Å². The van der Waals surface area contributed by atoms with Crippen LogP contribution in [0, 0.1) is 35.5 Å². The van der Waals surface area contributed by atoms with Crippen molar-refractivity contribution in [2.45, 2.75) is 300 Å². The highest BCUT2D eigenvalue weighted by atomic mass is 16.5. The number of nitrogens with two attached hydrogens (primary N) is 1. The molecular formula is C59H117NO7. The third-order valence-electron chi connectivity index (χ3n) is 13.0. The highest BCUT2D eigenvalue weighted by Crippen LogP contribution is 2.28. The van der Waals surface area contributed by atoms with Gasteiger partial charge in [-0.1, -0.05) is 94.9 Å². The van der Waals surface area contributed by atoms with Crippen molar-refractivity contribution in [2.24, 2.45) is 41.2 Å². The predicted molar refractivity (Wildman–Crippen MR) is 288 cm³/mol. The van der Waals surface area contributed by atoms with E-state index in [9.17, 15) is 5.11 Å². The Balaban J connectivity index is 0.000000814. The van der Waals surface area contributed by atoms with Crippen LogP contribution in [-0.2, 0) is 28.4 Å². The maximum atomic E-state index is 9.35. The summed E-state index contributed by atoms with van der Waals surface area (Å²) < 4.78 is 34.7. The van der Waals surface area contributed by atoms with Crippen LogP contribution in [0.15, 0.2) is 24.4 Å². The number of rotatable bonds is 22. The molecule has 1 saturated heterocycles. The number of aliphatic hydroxyl groups excluding tert-OH is 1. The van der Waals surface area contributed by atoms with E-state index < -0.39 is 0 Å². The van der Waals surface area contributed by atoms with E-state index >= 15 is 0 Å². The van der Waals surface area contributed by atoms with Gasteiger partial charge in [-0.2, -0.15) is 0 Å². The summed E-state index contributed by atoms with van der Waals surface area (Å²) in [6.45, 7) is 45.6. The van der Waals surface area contributed by atoms with E-state index in [1.165, 1.54) is 69.8 Å². The van der Waals surface area contributed by atoms with E-state index in [4.69, 9.17) is 34.2 Å². The van der Waals surface area contributed by atoms with Gasteiger partial charge in [-0.25, -0.2) is 0 Å². The Hall–Kier alpha value is -1.00. The van der Waals surface area contributed by atoms with Crippen molar-refractivity contribution in [1.82, 2.24) is 0 Å². The number of ether oxygens (including phenoxy) is 6. The zero-order valence-electron chi connectivity index (χ0n) is 47.4. The molecule has 5 atom stereocenters. The lowest BCUT2D eigenvalue weighted by Gasteiger charge is -2.29. The molecule has 0 spiro atoms. The Labute approximate surface area is 417 Å². The molecule has 0 amide bonds. The third kappa shape index (κ3) is 41.3. The minimum Gasteiger partial charge on any atom is -0.402 e. The van der Waals surface area contributed by atoms with Crippen molar-refractivity contribution < 1.29 is 33.5 Å². The van der Waals surface area contributed by atoms with Crippen LogP contribution in [0.5, 0.6) is 0 Å². The summed E-state index contributed by atoms with van der Waals surface area (Å²) >= 11 is 0. The van der Waals surface area contributed by atoms with Gasteiger partial charge in [0.25, 0.3) is 0 Å². The summed E-state index contributed by atoms with van der Waals surface area (Å²) in [5.74, 6) is 4.56. The van der Waals surface area contributed by atoms with Crippen molar-refractivity contribution in [1.29, 1.82) is 0 Å². The first-order valence-corrected chi connectivity index (χ1v) is 28.0. The van der Waals surface area contributed by atoms with Crippen LogP contribution < -0.4 is 5.73 Å². The zero-order chi connectivity index (χ0) is 50.9. The number of hydrogen-bond acceptors (Lipinski definition) is 8. The Kier molecular flexibility index (Phi) is 39.0. The Bertz CT molecular complexity index is 1110. The summed E-state index contributed by atoms with van der Waals surface area (Å²) in [7, 11) is 0. The molecule has 0 aromatic rings.